The predicted octanol–water partition coefficient (Wildman–Crippen LogP) is 5.81. The average Bonchev–Trinajstić information content (AvgIpc) is 3.37. The normalized spacial score (nSPS) is 25.2. The minimum absolute atomic E-state index is 0.0343. The van der Waals surface area contributed by atoms with E-state index in [1.165, 1.54) is 11.3 Å². The zero-order valence-corrected chi connectivity index (χ0v) is 28.5. The molecule has 0 spiro atoms. The largest absolute Gasteiger partial charge is 0.497 e. The maximum absolute atomic E-state index is 14.0. The lowest BCUT2D eigenvalue weighted by Crippen LogP contribution is -2.55. The number of carbonyl (C=O) groups is 3. The Morgan fingerprint density at radius 3 is 2.70 bits per heavy atom. The van der Waals surface area contributed by atoms with Crippen LogP contribution in [0.4, 0.5) is 4.79 Å². The molecule has 1 saturated carbocycles. The van der Waals surface area contributed by atoms with Gasteiger partial charge >= 0.3 is 12.0 Å². The standard InChI is InChI=1S/C35H45N5O6S/c1-5-45-33(42)35-18-22(35)11-9-7-6-8-10-14-36-34(43)40-19-24(16-29(40)31(41)39-35)46-30-17-27(32-38-28(20-47-32)21(2)3)37-26-15-23(44-4)12-13-25(26)30/h12-13,15,17,20-22,24,29H,5-11,14,16,18-19H2,1-4H3,(H,36,43)(H,39,41)/t22-,24+,29-,35+/m0/s1. The number of nitrogens with zero attached hydrogens (tertiary/aromatic N) is 3. The first-order valence-corrected chi connectivity index (χ1v) is 17.7. The smallest absolute Gasteiger partial charge is 0.332 e. The lowest BCUT2D eigenvalue weighted by Gasteiger charge is -2.26. The zero-order valence-electron chi connectivity index (χ0n) is 27.7. The summed E-state index contributed by atoms with van der Waals surface area (Å²) in [6.07, 6.45) is 6.21. The molecule has 6 rings (SSSR count). The molecular weight excluding hydrogens is 618 g/mol. The van der Waals surface area contributed by atoms with Crippen LogP contribution in [0.3, 0.4) is 0 Å². The second-order valence-electron chi connectivity index (χ2n) is 13.1. The van der Waals surface area contributed by atoms with Crippen LogP contribution < -0.4 is 20.1 Å². The number of hydrogen-bond donors (Lipinski definition) is 2. The first kappa shape index (κ1) is 33.0. The molecule has 0 unspecified atom stereocenters. The van der Waals surface area contributed by atoms with Crippen molar-refractivity contribution in [2.24, 2.45) is 5.92 Å². The predicted molar refractivity (Wildman–Crippen MR) is 180 cm³/mol. The van der Waals surface area contributed by atoms with Gasteiger partial charge in [-0.3, -0.25) is 4.79 Å². The molecule has 1 aromatic carbocycles. The van der Waals surface area contributed by atoms with Crippen LogP contribution in [0, 0.1) is 5.92 Å². The van der Waals surface area contributed by atoms with Gasteiger partial charge in [0.25, 0.3) is 0 Å². The van der Waals surface area contributed by atoms with Gasteiger partial charge in [0.1, 0.15) is 39.9 Å². The summed E-state index contributed by atoms with van der Waals surface area (Å²) in [5, 5.41) is 9.69. The lowest BCUT2D eigenvalue weighted by molar-refractivity contribution is -0.149. The number of benzene rings is 1. The third-order valence-corrected chi connectivity index (χ3v) is 10.4. The van der Waals surface area contributed by atoms with E-state index >= 15 is 0 Å². The first-order chi connectivity index (χ1) is 22.7. The summed E-state index contributed by atoms with van der Waals surface area (Å²) in [5.41, 5.74) is 1.33. The highest BCUT2D eigenvalue weighted by atomic mass is 32.1. The summed E-state index contributed by atoms with van der Waals surface area (Å²) < 4.78 is 17.6. The second-order valence-corrected chi connectivity index (χ2v) is 14.0. The van der Waals surface area contributed by atoms with Crippen molar-refractivity contribution in [1.82, 2.24) is 25.5 Å². The van der Waals surface area contributed by atoms with Gasteiger partial charge in [-0.15, -0.1) is 11.3 Å². The zero-order chi connectivity index (χ0) is 33.1. The molecule has 2 aliphatic heterocycles. The van der Waals surface area contributed by atoms with Gasteiger partial charge in [0.15, 0.2) is 0 Å². The number of fused-ring (bicyclic) bond motifs is 3. The molecule has 4 heterocycles. The summed E-state index contributed by atoms with van der Waals surface area (Å²) >= 11 is 1.53. The Morgan fingerprint density at radius 1 is 1.13 bits per heavy atom. The van der Waals surface area contributed by atoms with E-state index < -0.39 is 23.7 Å². The van der Waals surface area contributed by atoms with Crippen molar-refractivity contribution in [3.63, 3.8) is 0 Å². The quantitative estimate of drug-likeness (QED) is 0.303. The van der Waals surface area contributed by atoms with Crippen LogP contribution in [-0.4, -0.2) is 77.3 Å². The van der Waals surface area contributed by atoms with E-state index in [1.54, 1.807) is 18.9 Å². The van der Waals surface area contributed by atoms with Crippen molar-refractivity contribution in [2.75, 3.05) is 26.8 Å². The summed E-state index contributed by atoms with van der Waals surface area (Å²) in [5.74, 6) is 0.833. The number of thiazole rings is 1. The summed E-state index contributed by atoms with van der Waals surface area (Å²) in [4.78, 5) is 51.9. The molecule has 47 heavy (non-hydrogen) atoms. The number of nitrogens with one attached hydrogen (secondary N) is 2. The van der Waals surface area contributed by atoms with E-state index in [0.29, 0.717) is 35.7 Å². The highest BCUT2D eigenvalue weighted by Crippen LogP contribution is 2.48. The molecule has 3 aromatic rings. The van der Waals surface area contributed by atoms with E-state index in [1.807, 2.05) is 29.6 Å². The fraction of sp³-hybridized carbons (Fsp3) is 0.571. The van der Waals surface area contributed by atoms with Crippen LogP contribution in [0.2, 0.25) is 0 Å². The first-order valence-electron chi connectivity index (χ1n) is 16.9. The van der Waals surface area contributed by atoms with Crippen molar-refractivity contribution in [3.8, 4) is 22.2 Å². The molecule has 2 aromatic heterocycles. The summed E-state index contributed by atoms with van der Waals surface area (Å²) in [6, 6.07) is 6.40. The monoisotopic (exact) mass is 663 g/mol. The molecular formula is C35H45N5O6S. The molecule has 252 valence electrons. The van der Waals surface area contributed by atoms with Crippen molar-refractivity contribution < 1.29 is 28.6 Å². The molecule has 0 radical (unpaired) electrons. The molecule has 3 amide bonds. The van der Waals surface area contributed by atoms with Crippen LogP contribution in [0.1, 0.15) is 83.7 Å². The van der Waals surface area contributed by atoms with E-state index in [2.05, 4.69) is 24.5 Å². The fourth-order valence-corrected chi connectivity index (χ4v) is 7.69. The summed E-state index contributed by atoms with van der Waals surface area (Å²) in [6.45, 7) is 6.97. The molecule has 2 saturated heterocycles. The van der Waals surface area contributed by atoms with Gasteiger partial charge in [-0.05, 0) is 50.2 Å². The maximum Gasteiger partial charge on any atom is 0.332 e. The molecule has 3 fully saturated rings. The number of esters is 1. The molecule has 2 N–H and O–H groups in total. The maximum atomic E-state index is 14.0. The van der Waals surface area contributed by atoms with Crippen LogP contribution in [-0.2, 0) is 14.3 Å². The second kappa shape index (κ2) is 14.0. The third-order valence-electron chi connectivity index (χ3n) is 9.53. The SMILES string of the molecule is CCOC(=O)[C@@]12C[C@@H]1CCCCCCCNC(=O)N1C[C@H](Oc3cc(-c4nc(C(C)C)cs4)nc4cc(OC)ccc34)C[C@H]1C(=O)N2. The number of pyridine rings is 1. The fourth-order valence-electron chi connectivity index (χ4n) is 6.75. The number of amides is 3. The van der Waals surface area contributed by atoms with Gasteiger partial charge in [0, 0.05) is 35.9 Å². The Bertz CT molecular complexity index is 1630. The Balaban J connectivity index is 1.30. The van der Waals surface area contributed by atoms with E-state index in [-0.39, 0.29) is 43.3 Å². The Labute approximate surface area is 279 Å². The highest BCUT2D eigenvalue weighted by Gasteiger charge is 2.62. The van der Waals surface area contributed by atoms with E-state index in [9.17, 15) is 14.4 Å². The number of methoxy groups -OCH3 is 1. The number of aromatic nitrogens is 2. The molecule has 1 aliphatic carbocycles. The molecule has 3 aliphatic rings. The van der Waals surface area contributed by atoms with E-state index in [4.69, 9.17) is 24.2 Å². The van der Waals surface area contributed by atoms with Crippen LogP contribution in [0.5, 0.6) is 11.5 Å². The number of carbonyl (C=O) groups excluding carboxylic acids is 3. The number of ether oxygens (including phenoxy) is 3. The third kappa shape index (κ3) is 7.02. The number of urea groups is 1. The Kier molecular flexibility index (Phi) is 9.86. The van der Waals surface area contributed by atoms with Gasteiger partial charge in [-0.25, -0.2) is 19.6 Å². The van der Waals surface area contributed by atoms with Crippen LogP contribution >= 0.6 is 11.3 Å². The molecule has 12 heteroatoms. The highest BCUT2D eigenvalue weighted by molar-refractivity contribution is 7.13. The number of rotatable bonds is 7. The van der Waals surface area contributed by atoms with Crippen LogP contribution in [0.25, 0.3) is 21.6 Å². The van der Waals surface area contributed by atoms with Gasteiger partial charge in [-0.1, -0.05) is 39.5 Å². The van der Waals surface area contributed by atoms with Gasteiger partial charge < -0.3 is 29.7 Å². The van der Waals surface area contributed by atoms with Gasteiger partial charge in [0.05, 0.1) is 31.5 Å². The Morgan fingerprint density at radius 2 is 1.94 bits per heavy atom. The average molecular weight is 664 g/mol. The topological polar surface area (TPSA) is 132 Å². The minimum Gasteiger partial charge on any atom is -0.497 e. The minimum atomic E-state index is -1.04. The lowest BCUT2D eigenvalue weighted by atomic mass is 10.0. The van der Waals surface area contributed by atoms with E-state index in [0.717, 1.165) is 54.6 Å². The van der Waals surface area contributed by atoms with Crippen molar-refractivity contribution in [1.29, 1.82) is 0 Å². The molecule has 4 atom stereocenters. The summed E-state index contributed by atoms with van der Waals surface area (Å²) in [7, 11) is 1.61. The van der Waals surface area contributed by atoms with Gasteiger partial charge in [0.2, 0.25) is 5.91 Å². The van der Waals surface area contributed by atoms with Gasteiger partial charge in [-0.2, -0.15) is 0 Å². The Hall–Kier alpha value is -3.93. The number of hydrogen-bond acceptors (Lipinski definition) is 9. The van der Waals surface area contributed by atoms with Crippen LogP contribution in [0.15, 0.2) is 29.6 Å². The molecule has 0 bridgehead atoms. The van der Waals surface area contributed by atoms with Crippen molar-refractivity contribution in [2.45, 2.75) is 95.7 Å². The van der Waals surface area contributed by atoms with Crippen molar-refractivity contribution in [3.05, 3.63) is 35.3 Å². The van der Waals surface area contributed by atoms with Crippen molar-refractivity contribution >= 4 is 40.1 Å². The molecule has 11 nitrogen and oxygen atoms in total.